The van der Waals surface area contributed by atoms with Crippen molar-refractivity contribution in [1.82, 2.24) is 9.55 Å². The molecule has 0 unspecified atom stereocenters. The van der Waals surface area contributed by atoms with Gasteiger partial charge in [0.1, 0.15) is 0 Å². The highest BCUT2D eigenvalue weighted by Crippen LogP contribution is 2.38. The lowest BCUT2D eigenvalue weighted by molar-refractivity contribution is 1.20. The number of allylic oxidation sites excluding steroid dienone is 5. The highest BCUT2D eigenvalue weighted by Gasteiger charge is 2.16. The molecule has 0 aliphatic rings. The maximum atomic E-state index is 5.23. The quantitative estimate of drug-likeness (QED) is 0.143. The van der Waals surface area contributed by atoms with Gasteiger partial charge in [-0.15, -0.1) is 0 Å². The SMILES string of the molecule is C=C(/C=C(\C=C(/C)n1c2ccc(Br)cc2c2cc(-c3cc(-c4ccccc4)cc(-c4ccccc4)n3)ccc21)c1ccccc1)c1ccccc1. The van der Waals surface area contributed by atoms with Gasteiger partial charge in [0.2, 0.25) is 0 Å². The van der Waals surface area contributed by atoms with E-state index < -0.39 is 0 Å². The van der Waals surface area contributed by atoms with Crippen molar-refractivity contribution in [3.63, 3.8) is 0 Å². The molecule has 0 N–H and O–H groups in total. The molecular weight excluding hydrogens is 684 g/mol. The summed E-state index contributed by atoms with van der Waals surface area (Å²) in [5.41, 5.74) is 14.1. The molecule has 0 atom stereocenters. The molecule has 2 nitrogen and oxygen atoms in total. The monoisotopic (exact) mass is 718 g/mol. The average Bonchev–Trinajstić information content (AvgIpc) is 3.51. The summed E-state index contributed by atoms with van der Waals surface area (Å²) < 4.78 is 3.41. The van der Waals surface area contributed by atoms with E-state index in [1.54, 1.807) is 0 Å². The van der Waals surface area contributed by atoms with E-state index in [0.717, 1.165) is 77.1 Å². The maximum Gasteiger partial charge on any atom is 0.0715 e. The Morgan fingerprint density at radius 1 is 0.529 bits per heavy atom. The van der Waals surface area contributed by atoms with Crippen LogP contribution in [0.5, 0.6) is 0 Å². The smallest absolute Gasteiger partial charge is 0.0715 e. The lowest BCUT2D eigenvalue weighted by Gasteiger charge is -2.12. The molecule has 0 saturated heterocycles. The lowest BCUT2D eigenvalue weighted by atomic mass is 9.99. The summed E-state index contributed by atoms with van der Waals surface area (Å²) in [5, 5.41) is 2.35. The van der Waals surface area contributed by atoms with E-state index in [9.17, 15) is 0 Å². The van der Waals surface area contributed by atoms with Crippen LogP contribution >= 0.6 is 15.9 Å². The van der Waals surface area contributed by atoms with Crippen LogP contribution in [0.4, 0.5) is 0 Å². The molecule has 0 spiro atoms. The summed E-state index contributed by atoms with van der Waals surface area (Å²) in [5.74, 6) is 0. The van der Waals surface area contributed by atoms with Crippen molar-refractivity contribution in [3.8, 4) is 33.6 Å². The summed E-state index contributed by atoms with van der Waals surface area (Å²) in [4.78, 5) is 5.23. The molecule has 0 saturated carbocycles. The molecular formula is C48H35BrN2. The second kappa shape index (κ2) is 14.1. The van der Waals surface area contributed by atoms with E-state index in [1.807, 2.05) is 12.1 Å². The van der Waals surface area contributed by atoms with Crippen LogP contribution < -0.4 is 0 Å². The van der Waals surface area contributed by atoms with E-state index in [4.69, 9.17) is 4.98 Å². The molecule has 2 heterocycles. The molecule has 0 radical (unpaired) electrons. The van der Waals surface area contributed by atoms with Crippen molar-refractivity contribution in [2.75, 3.05) is 0 Å². The molecule has 51 heavy (non-hydrogen) atoms. The zero-order valence-electron chi connectivity index (χ0n) is 28.3. The van der Waals surface area contributed by atoms with Crippen molar-refractivity contribution >= 4 is 54.6 Å². The summed E-state index contributed by atoms with van der Waals surface area (Å²) in [7, 11) is 0. The van der Waals surface area contributed by atoms with Crippen molar-refractivity contribution < 1.29 is 0 Å². The molecule has 3 heteroatoms. The first-order valence-electron chi connectivity index (χ1n) is 17.1. The number of hydrogen-bond acceptors (Lipinski definition) is 1. The Hall–Kier alpha value is -6.03. The van der Waals surface area contributed by atoms with Gasteiger partial charge in [-0.05, 0) is 94.9 Å². The van der Waals surface area contributed by atoms with Crippen LogP contribution in [0.25, 0.3) is 72.3 Å². The van der Waals surface area contributed by atoms with Crippen LogP contribution in [0.1, 0.15) is 18.1 Å². The summed E-state index contributed by atoms with van der Waals surface area (Å²) in [6.07, 6.45) is 4.46. The Morgan fingerprint density at radius 2 is 1.06 bits per heavy atom. The highest BCUT2D eigenvalue weighted by molar-refractivity contribution is 9.10. The minimum Gasteiger partial charge on any atom is -0.313 e. The van der Waals surface area contributed by atoms with Gasteiger partial charge >= 0.3 is 0 Å². The molecule has 0 amide bonds. The second-order valence-electron chi connectivity index (χ2n) is 12.7. The van der Waals surface area contributed by atoms with Gasteiger partial charge in [0.25, 0.3) is 0 Å². The van der Waals surface area contributed by atoms with E-state index in [1.165, 1.54) is 10.8 Å². The fourth-order valence-corrected chi connectivity index (χ4v) is 7.18. The lowest BCUT2D eigenvalue weighted by Crippen LogP contribution is -1.95. The highest BCUT2D eigenvalue weighted by atomic mass is 79.9. The maximum absolute atomic E-state index is 5.23. The number of aromatic nitrogens is 2. The van der Waals surface area contributed by atoms with Crippen LogP contribution in [0.2, 0.25) is 0 Å². The molecule has 8 aromatic rings. The van der Waals surface area contributed by atoms with Crippen LogP contribution in [0, 0.1) is 0 Å². The van der Waals surface area contributed by atoms with Gasteiger partial charge in [0.15, 0.2) is 0 Å². The molecule has 8 rings (SSSR count). The van der Waals surface area contributed by atoms with E-state index >= 15 is 0 Å². The number of benzene rings is 6. The summed E-state index contributed by atoms with van der Waals surface area (Å²) >= 11 is 3.76. The predicted molar refractivity (Wildman–Crippen MR) is 221 cm³/mol. The van der Waals surface area contributed by atoms with Gasteiger partial charge in [-0.25, -0.2) is 4.98 Å². The molecule has 0 aliphatic carbocycles. The van der Waals surface area contributed by atoms with Crippen molar-refractivity contribution in [3.05, 3.63) is 204 Å². The third-order valence-electron chi connectivity index (χ3n) is 9.32. The average molecular weight is 720 g/mol. The standard InChI is InChI=1S/C48H35BrN2/c1-33(35-15-7-3-8-16-35)27-40(36-17-9-4-10-18-36)28-34(2)51-47-25-23-39(29-43(47)44-32-42(49)24-26-48(44)51)46-31-41(37-19-11-5-12-20-37)30-45(50-46)38-21-13-6-14-22-38/h3-32H,1H2,2H3/b34-28+,40-27+. The largest absolute Gasteiger partial charge is 0.313 e. The number of pyridine rings is 1. The van der Waals surface area contributed by atoms with Gasteiger partial charge in [0.05, 0.1) is 22.4 Å². The number of fused-ring (bicyclic) bond motifs is 3. The van der Waals surface area contributed by atoms with Crippen molar-refractivity contribution in [2.45, 2.75) is 6.92 Å². The van der Waals surface area contributed by atoms with Gasteiger partial charge < -0.3 is 4.57 Å². The van der Waals surface area contributed by atoms with Gasteiger partial charge in [-0.3, -0.25) is 0 Å². The van der Waals surface area contributed by atoms with Gasteiger partial charge in [0, 0.05) is 32.1 Å². The Balaban J connectivity index is 1.29. The molecule has 244 valence electrons. The normalized spacial score (nSPS) is 12.0. The molecule has 6 aromatic carbocycles. The number of nitrogens with zero attached hydrogens (tertiary/aromatic N) is 2. The fourth-order valence-electron chi connectivity index (χ4n) is 6.82. The summed E-state index contributed by atoms with van der Waals surface area (Å²) in [6.45, 7) is 6.62. The molecule has 0 bridgehead atoms. The molecule has 2 aromatic heterocycles. The Labute approximate surface area is 307 Å². The topological polar surface area (TPSA) is 17.8 Å². The van der Waals surface area contributed by atoms with Crippen LogP contribution in [-0.2, 0) is 0 Å². The Bertz CT molecular complexity index is 2520. The first-order chi connectivity index (χ1) is 25.0. The number of halogens is 1. The van der Waals surface area contributed by atoms with Crippen LogP contribution in [0.15, 0.2) is 193 Å². The Kier molecular flexibility index (Phi) is 8.88. The molecule has 0 fully saturated rings. The minimum atomic E-state index is 0.939. The number of hydrogen-bond donors (Lipinski definition) is 0. The van der Waals surface area contributed by atoms with Crippen LogP contribution in [0.3, 0.4) is 0 Å². The van der Waals surface area contributed by atoms with E-state index in [0.29, 0.717) is 0 Å². The fraction of sp³-hybridized carbons (Fsp3) is 0.0208. The molecule has 0 aliphatic heterocycles. The van der Waals surface area contributed by atoms with E-state index in [-0.39, 0.29) is 0 Å². The van der Waals surface area contributed by atoms with Gasteiger partial charge in [-0.1, -0.05) is 150 Å². The first-order valence-corrected chi connectivity index (χ1v) is 17.9. The zero-order valence-corrected chi connectivity index (χ0v) is 29.9. The third kappa shape index (κ3) is 6.64. The summed E-state index contributed by atoms with van der Waals surface area (Å²) in [6, 6.07) is 59.5. The van der Waals surface area contributed by atoms with Gasteiger partial charge in [-0.2, -0.15) is 0 Å². The first kappa shape index (κ1) is 32.2. The third-order valence-corrected chi connectivity index (χ3v) is 9.82. The minimum absolute atomic E-state index is 0.939. The number of rotatable bonds is 8. The van der Waals surface area contributed by atoms with Crippen LogP contribution in [-0.4, -0.2) is 9.55 Å². The van der Waals surface area contributed by atoms with E-state index in [2.05, 4.69) is 204 Å². The second-order valence-corrected chi connectivity index (χ2v) is 13.6. The van der Waals surface area contributed by atoms with Crippen molar-refractivity contribution in [1.29, 1.82) is 0 Å². The predicted octanol–water partition coefficient (Wildman–Crippen LogP) is 13.6. The van der Waals surface area contributed by atoms with Crippen molar-refractivity contribution in [2.24, 2.45) is 0 Å². The zero-order chi connectivity index (χ0) is 34.7. The Morgan fingerprint density at radius 3 is 1.71 bits per heavy atom.